The molecule has 0 amide bonds. The Morgan fingerprint density at radius 3 is 2.55 bits per heavy atom. The van der Waals surface area contributed by atoms with Crippen LogP contribution in [0.1, 0.15) is 43.5 Å². The first-order valence-electron chi connectivity index (χ1n) is 7.26. The van der Waals surface area contributed by atoms with Gasteiger partial charge in [0.2, 0.25) is 0 Å². The summed E-state index contributed by atoms with van der Waals surface area (Å²) in [5, 5.41) is 18.7. The van der Waals surface area contributed by atoms with Crippen LogP contribution in [0.3, 0.4) is 0 Å². The maximum atomic E-state index is 12.3. The molecule has 0 unspecified atom stereocenters. The van der Waals surface area contributed by atoms with E-state index in [0.29, 0.717) is 24.1 Å². The van der Waals surface area contributed by atoms with Gasteiger partial charge in [-0.2, -0.15) is 0 Å². The molecule has 1 aromatic carbocycles. The number of Topliss-reactive ketones (excluding diaryl/α,β-unsaturated/α-hetero) is 1. The second-order valence-corrected chi connectivity index (χ2v) is 6.01. The van der Waals surface area contributed by atoms with E-state index >= 15 is 0 Å². The molecule has 20 heavy (non-hydrogen) atoms. The van der Waals surface area contributed by atoms with Crippen molar-refractivity contribution in [2.24, 2.45) is 5.92 Å². The van der Waals surface area contributed by atoms with Gasteiger partial charge in [0.05, 0.1) is 6.54 Å². The standard InChI is InChI=1S/C16H23NO3/c1-11(2)7-8-17(13-4-5-13)10-16(20)12-3-6-14(18)15(19)9-12/h3,6,9,11,13,18-19H,4-5,7-8,10H2,1-2H3. The van der Waals surface area contributed by atoms with Crippen molar-refractivity contribution < 1.29 is 15.0 Å². The molecule has 0 bridgehead atoms. The summed E-state index contributed by atoms with van der Waals surface area (Å²) in [5.74, 6) is 0.191. The molecule has 1 saturated carbocycles. The van der Waals surface area contributed by atoms with Crippen LogP contribution in [0.15, 0.2) is 18.2 Å². The fourth-order valence-electron chi connectivity index (χ4n) is 2.23. The van der Waals surface area contributed by atoms with Gasteiger partial charge in [-0.3, -0.25) is 9.69 Å². The predicted molar refractivity (Wildman–Crippen MR) is 78.2 cm³/mol. The van der Waals surface area contributed by atoms with Crippen LogP contribution in [0.2, 0.25) is 0 Å². The highest BCUT2D eigenvalue weighted by atomic mass is 16.3. The molecule has 0 heterocycles. The maximum Gasteiger partial charge on any atom is 0.176 e. The molecule has 1 aromatic rings. The van der Waals surface area contributed by atoms with Crippen LogP contribution in [0.25, 0.3) is 0 Å². The molecule has 0 saturated heterocycles. The summed E-state index contributed by atoms with van der Waals surface area (Å²) in [5.41, 5.74) is 0.454. The van der Waals surface area contributed by atoms with Crippen LogP contribution in [-0.2, 0) is 0 Å². The minimum absolute atomic E-state index is 0.00374. The molecule has 1 aliphatic carbocycles. The SMILES string of the molecule is CC(C)CCN(CC(=O)c1ccc(O)c(O)c1)C1CC1. The van der Waals surface area contributed by atoms with Crippen LogP contribution >= 0.6 is 0 Å². The van der Waals surface area contributed by atoms with Gasteiger partial charge in [0.15, 0.2) is 17.3 Å². The van der Waals surface area contributed by atoms with E-state index in [9.17, 15) is 15.0 Å². The maximum absolute atomic E-state index is 12.3. The van der Waals surface area contributed by atoms with Crippen molar-refractivity contribution in [2.45, 2.75) is 39.2 Å². The van der Waals surface area contributed by atoms with E-state index in [4.69, 9.17) is 0 Å². The fourth-order valence-corrected chi connectivity index (χ4v) is 2.23. The van der Waals surface area contributed by atoms with E-state index < -0.39 is 0 Å². The molecule has 0 atom stereocenters. The fraction of sp³-hybridized carbons (Fsp3) is 0.562. The van der Waals surface area contributed by atoms with Gasteiger partial charge in [-0.15, -0.1) is 0 Å². The molecule has 0 aromatic heterocycles. The Hall–Kier alpha value is -1.55. The van der Waals surface area contributed by atoms with E-state index in [1.54, 1.807) is 6.07 Å². The van der Waals surface area contributed by atoms with E-state index in [2.05, 4.69) is 18.7 Å². The Bertz CT molecular complexity index is 481. The molecule has 0 radical (unpaired) electrons. The highest BCUT2D eigenvalue weighted by Gasteiger charge is 2.30. The third-order valence-corrected chi connectivity index (χ3v) is 3.70. The van der Waals surface area contributed by atoms with Crippen LogP contribution in [0.5, 0.6) is 11.5 Å². The van der Waals surface area contributed by atoms with Crippen molar-refractivity contribution in [3.05, 3.63) is 23.8 Å². The third-order valence-electron chi connectivity index (χ3n) is 3.70. The molecule has 2 rings (SSSR count). The van der Waals surface area contributed by atoms with E-state index in [0.717, 1.165) is 13.0 Å². The average Bonchev–Trinajstić information content (AvgIpc) is 3.21. The molecule has 0 aliphatic heterocycles. The number of carbonyl (C=O) groups excluding carboxylic acids is 1. The van der Waals surface area contributed by atoms with Crippen molar-refractivity contribution in [1.82, 2.24) is 4.90 Å². The number of nitrogens with zero attached hydrogens (tertiary/aromatic N) is 1. The molecule has 110 valence electrons. The van der Waals surface area contributed by atoms with Crippen LogP contribution in [-0.4, -0.2) is 40.0 Å². The molecule has 2 N–H and O–H groups in total. The van der Waals surface area contributed by atoms with Crippen molar-refractivity contribution >= 4 is 5.78 Å². The Balaban J connectivity index is 1.98. The topological polar surface area (TPSA) is 60.8 Å². The van der Waals surface area contributed by atoms with Gasteiger partial charge in [-0.25, -0.2) is 0 Å². The summed E-state index contributed by atoms with van der Waals surface area (Å²) in [7, 11) is 0. The lowest BCUT2D eigenvalue weighted by Gasteiger charge is -2.22. The summed E-state index contributed by atoms with van der Waals surface area (Å²) in [6, 6.07) is 4.80. The lowest BCUT2D eigenvalue weighted by Crippen LogP contribution is -2.33. The first kappa shape index (κ1) is 14.9. The van der Waals surface area contributed by atoms with Crippen LogP contribution in [0, 0.1) is 5.92 Å². The quantitative estimate of drug-likeness (QED) is 0.594. The van der Waals surface area contributed by atoms with E-state index in [1.807, 2.05) is 0 Å². The average molecular weight is 277 g/mol. The zero-order valence-corrected chi connectivity index (χ0v) is 12.2. The first-order chi connectivity index (χ1) is 9.47. The number of phenolic OH excluding ortho intramolecular Hbond substituents is 2. The van der Waals surface area contributed by atoms with Gasteiger partial charge in [0.1, 0.15) is 0 Å². The van der Waals surface area contributed by atoms with Crippen molar-refractivity contribution in [1.29, 1.82) is 0 Å². The predicted octanol–water partition coefficient (Wildman–Crippen LogP) is 2.79. The Labute approximate surface area is 120 Å². The number of hydrogen-bond donors (Lipinski definition) is 2. The number of phenols is 2. The van der Waals surface area contributed by atoms with Gasteiger partial charge >= 0.3 is 0 Å². The van der Waals surface area contributed by atoms with Gasteiger partial charge in [0, 0.05) is 11.6 Å². The van der Waals surface area contributed by atoms with Crippen molar-refractivity contribution in [2.75, 3.05) is 13.1 Å². The molecular formula is C16H23NO3. The van der Waals surface area contributed by atoms with Crippen LogP contribution < -0.4 is 0 Å². The molecular weight excluding hydrogens is 254 g/mol. The van der Waals surface area contributed by atoms with Crippen molar-refractivity contribution in [3.63, 3.8) is 0 Å². The summed E-state index contributed by atoms with van der Waals surface area (Å²) in [4.78, 5) is 14.5. The number of rotatable bonds is 7. The van der Waals surface area contributed by atoms with Gasteiger partial charge in [0.25, 0.3) is 0 Å². The normalized spacial score (nSPS) is 15.0. The van der Waals surface area contributed by atoms with Crippen molar-refractivity contribution in [3.8, 4) is 11.5 Å². The van der Waals surface area contributed by atoms with Crippen LogP contribution in [0.4, 0.5) is 0 Å². The molecule has 4 heteroatoms. The zero-order chi connectivity index (χ0) is 14.7. The second kappa shape index (κ2) is 6.27. The molecule has 4 nitrogen and oxygen atoms in total. The molecule has 1 aliphatic rings. The Morgan fingerprint density at radius 1 is 1.30 bits per heavy atom. The zero-order valence-electron chi connectivity index (χ0n) is 12.2. The number of hydrogen-bond acceptors (Lipinski definition) is 4. The lowest BCUT2D eigenvalue weighted by molar-refractivity contribution is 0.0920. The monoisotopic (exact) mass is 277 g/mol. The Kier molecular flexibility index (Phi) is 4.65. The smallest absolute Gasteiger partial charge is 0.176 e. The third kappa shape index (κ3) is 3.97. The van der Waals surface area contributed by atoms with E-state index in [-0.39, 0.29) is 17.3 Å². The summed E-state index contributed by atoms with van der Waals surface area (Å²) in [6.07, 6.45) is 3.43. The minimum Gasteiger partial charge on any atom is -0.504 e. The highest BCUT2D eigenvalue weighted by molar-refractivity contribution is 5.98. The number of ketones is 1. The second-order valence-electron chi connectivity index (χ2n) is 6.01. The largest absolute Gasteiger partial charge is 0.504 e. The van der Waals surface area contributed by atoms with Gasteiger partial charge in [-0.05, 0) is 49.9 Å². The van der Waals surface area contributed by atoms with E-state index in [1.165, 1.54) is 25.0 Å². The lowest BCUT2D eigenvalue weighted by atomic mass is 10.1. The van der Waals surface area contributed by atoms with Gasteiger partial charge < -0.3 is 10.2 Å². The minimum atomic E-state index is -0.240. The molecule has 1 fully saturated rings. The van der Waals surface area contributed by atoms with Gasteiger partial charge in [-0.1, -0.05) is 13.8 Å². The Morgan fingerprint density at radius 2 is 2.00 bits per heavy atom. The summed E-state index contributed by atoms with van der Waals surface area (Å²) >= 11 is 0. The number of benzene rings is 1. The molecule has 0 spiro atoms. The first-order valence-corrected chi connectivity index (χ1v) is 7.26. The summed E-state index contributed by atoms with van der Waals surface area (Å²) in [6.45, 7) is 5.70. The number of aromatic hydroxyl groups is 2. The highest BCUT2D eigenvalue weighted by Crippen LogP contribution is 2.29. The summed E-state index contributed by atoms with van der Waals surface area (Å²) < 4.78 is 0. The number of carbonyl (C=O) groups is 1.